The van der Waals surface area contributed by atoms with Crippen LogP contribution in [0.15, 0.2) is 21.2 Å². The first-order valence-electron chi connectivity index (χ1n) is 4.88. The molecule has 1 atom stereocenters. The van der Waals surface area contributed by atoms with Gasteiger partial charge in [-0.25, -0.2) is 0 Å². The van der Waals surface area contributed by atoms with Crippen molar-refractivity contribution in [3.63, 3.8) is 0 Å². The van der Waals surface area contributed by atoms with Gasteiger partial charge in [-0.05, 0) is 41.9 Å². The van der Waals surface area contributed by atoms with E-state index in [1.807, 2.05) is 26.0 Å². The number of halogens is 1. The zero-order valence-electron chi connectivity index (χ0n) is 8.84. The molecule has 0 bridgehead atoms. The summed E-state index contributed by atoms with van der Waals surface area (Å²) in [6.45, 7) is 4.91. The van der Waals surface area contributed by atoms with Crippen LogP contribution in [0.5, 0.6) is 0 Å². The Kier molecular flexibility index (Phi) is 4.84. The third-order valence-electron chi connectivity index (χ3n) is 1.96. The Morgan fingerprint density at radius 2 is 2.33 bits per heavy atom. The maximum Gasteiger partial charge on any atom is 0.236 e. The predicted octanol–water partition coefficient (Wildman–Crippen LogP) is 1.66. The molecule has 1 unspecified atom stereocenters. The Balaban J connectivity index is 2.33. The molecular weight excluding hydrogens is 260 g/mol. The van der Waals surface area contributed by atoms with E-state index in [2.05, 4.69) is 26.6 Å². The summed E-state index contributed by atoms with van der Waals surface area (Å²) in [7, 11) is 0. The van der Waals surface area contributed by atoms with Crippen LogP contribution in [0.4, 0.5) is 0 Å². The molecule has 0 saturated heterocycles. The van der Waals surface area contributed by atoms with Gasteiger partial charge in [0.2, 0.25) is 5.91 Å². The van der Waals surface area contributed by atoms with Gasteiger partial charge >= 0.3 is 0 Å². The van der Waals surface area contributed by atoms with Crippen molar-refractivity contribution in [3.8, 4) is 0 Å². The van der Waals surface area contributed by atoms with E-state index in [0.717, 1.165) is 5.76 Å². The fourth-order valence-electron chi connectivity index (χ4n) is 1.12. The Bertz CT molecular complexity index is 325. The minimum Gasteiger partial charge on any atom is -0.453 e. The van der Waals surface area contributed by atoms with Gasteiger partial charge in [-0.1, -0.05) is 0 Å². The third kappa shape index (κ3) is 4.05. The summed E-state index contributed by atoms with van der Waals surface area (Å²) in [5, 5.41) is 5.82. The summed E-state index contributed by atoms with van der Waals surface area (Å²) in [5.74, 6) is 0.807. The molecule has 0 spiro atoms. The Morgan fingerprint density at radius 3 is 2.87 bits per heavy atom. The summed E-state index contributed by atoms with van der Waals surface area (Å²) < 4.78 is 6.00. The van der Waals surface area contributed by atoms with Crippen LogP contribution in [-0.4, -0.2) is 18.5 Å². The van der Waals surface area contributed by atoms with E-state index in [4.69, 9.17) is 4.42 Å². The molecule has 0 aliphatic heterocycles. The van der Waals surface area contributed by atoms with E-state index >= 15 is 0 Å². The summed E-state index contributed by atoms with van der Waals surface area (Å²) in [4.78, 5) is 11.4. The van der Waals surface area contributed by atoms with Crippen LogP contribution in [0.25, 0.3) is 0 Å². The van der Waals surface area contributed by atoms with Crippen molar-refractivity contribution in [2.24, 2.45) is 0 Å². The minimum absolute atomic E-state index is 0.00289. The van der Waals surface area contributed by atoms with Gasteiger partial charge in [0.05, 0.1) is 12.6 Å². The molecule has 1 heterocycles. The van der Waals surface area contributed by atoms with Gasteiger partial charge in [0, 0.05) is 6.54 Å². The third-order valence-corrected chi connectivity index (χ3v) is 2.38. The van der Waals surface area contributed by atoms with Crippen LogP contribution < -0.4 is 10.6 Å². The quantitative estimate of drug-likeness (QED) is 0.859. The zero-order valence-corrected chi connectivity index (χ0v) is 10.4. The van der Waals surface area contributed by atoms with Crippen LogP contribution in [0.3, 0.4) is 0 Å². The van der Waals surface area contributed by atoms with Gasteiger partial charge < -0.3 is 9.73 Å². The Hall–Kier alpha value is -0.810. The molecule has 0 aliphatic carbocycles. The second-order valence-corrected chi connectivity index (χ2v) is 3.98. The van der Waals surface area contributed by atoms with Crippen molar-refractivity contribution in [1.29, 1.82) is 0 Å². The van der Waals surface area contributed by atoms with Crippen LogP contribution in [-0.2, 0) is 11.3 Å². The van der Waals surface area contributed by atoms with Crippen LogP contribution in [0.2, 0.25) is 0 Å². The average molecular weight is 275 g/mol. The lowest BCUT2D eigenvalue weighted by molar-refractivity contribution is -0.122. The second-order valence-electron chi connectivity index (χ2n) is 3.20. The zero-order chi connectivity index (χ0) is 11.3. The van der Waals surface area contributed by atoms with Crippen molar-refractivity contribution < 1.29 is 9.21 Å². The molecule has 1 amide bonds. The number of rotatable bonds is 5. The standard InChI is InChI=1S/C10H15BrN2O2/c1-3-12-10(14)7(2)13-6-8-4-5-9(11)15-8/h4-5,7,13H,3,6H2,1-2H3,(H,12,14). The summed E-state index contributed by atoms with van der Waals surface area (Å²) in [6, 6.07) is 3.48. The maximum absolute atomic E-state index is 11.4. The number of likely N-dealkylation sites (N-methyl/N-ethyl adjacent to an activating group) is 1. The monoisotopic (exact) mass is 274 g/mol. The molecule has 5 heteroatoms. The molecule has 0 saturated carbocycles. The topological polar surface area (TPSA) is 54.3 Å². The highest BCUT2D eigenvalue weighted by Crippen LogP contribution is 2.13. The van der Waals surface area contributed by atoms with Gasteiger partial charge in [-0.15, -0.1) is 0 Å². The first-order chi connectivity index (χ1) is 7.13. The van der Waals surface area contributed by atoms with Gasteiger partial charge in [-0.3, -0.25) is 10.1 Å². The van der Waals surface area contributed by atoms with E-state index in [1.165, 1.54) is 0 Å². The molecule has 4 nitrogen and oxygen atoms in total. The van der Waals surface area contributed by atoms with Gasteiger partial charge in [0.1, 0.15) is 5.76 Å². The smallest absolute Gasteiger partial charge is 0.236 e. The van der Waals surface area contributed by atoms with Crippen LogP contribution >= 0.6 is 15.9 Å². The molecule has 84 valence electrons. The minimum atomic E-state index is -0.214. The number of carbonyl (C=O) groups excluding carboxylic acids is 1. The number of amides is 1. The lowest BCUT2D eigenvalue weighted by Crippen LogP contribution is -2.41. The molecule has 1 aromatic rings. The van der Waals surface area contributed by atoms with Crippen molar-refractivity contribution in [1.82, 2.24) is 10.6 Å². The number of furan rings is 1. The highest BCUT2D eigenvalue weighted by atomic mass is 79.9. The molecule has 0 aliphatic rings. The van der Waals surface area contributed by atoms with E-state index in [-0.39, 0.29) is 11.9 Å². The average Bonchev–Trinajstić information content (AvgIpc) is 2.61. The first kappa shape index (κ1) is 12.3. The lowest BCUT2D eigenvalue weighted by atomic mass is 10.3. The molecule has 1 aromatic heterocycles. The Labute approximate surface area is 97.5 Å². The molecule has 15 heavy (non-hydrogen) atoms. The maximum atomic E-state index is 11.4. The lowest BCUT2D eigenvalue weighted by Gasteiger charge is -2.11. The predicted molar refractivity (Wildman–Crippen MR) is 61.4 cm³/mol. The van der Waals surface area contributed by atoms with E-state index < -0.39 is 0 Å². The fraction of sp³-hybridized carbons (Fsp3) is 0.500. The summed E-state index contributed by atoms with van der Waals surface area (Å²) in [6.07, 6.45) is 0. The molecular formula is C10H15BrN2O2. The molecule has 0 aromatic carbocycles. The molecule has 0 radical (unpaired) electrons. The van der Waals surface area contributed by atoms with E-state index in [0.29, 0.717) is 17.8 Å². The van der Waals surface area contributed by atoms with Crippen molar-refractivity contribution in [2.45, 2.75) is 26.4 Å². The van der Waals surface area contributed by atoms with Crippen LogP contribution in [0, 0.1) is 0 Å². The van der Waals surface area contributed by atoms with Crippen molar-refractivity contribution in [3.05, 3.63) is 22.6 Å². The Morgan fingerprint density at radius 1 is 1.60 bits per heavy atom. The van der Waals surface area contributed by atoms with Crippen molar-refractivity contribution >= 4 is 21.8 Å². The molecule has 2 N–H and O–H groups in total. The number of nitrogens with one attached hydrogen (secondary N) is 2. The van der Waals surface area contributed by atoms with Gasteiger partial charge in [-0.2, -0.15) is 0 Å². The number of hydrogen-bond acceptors (Lipinski definition) is 3. The highest BCUT2D eigenvalue weighted by Gasteiger charge is 2.11. The first-order valence-corrected chi connectivity index (χ1v) is 5.68. The largest absolute Gasteiger partial charge is 0.453 e. The van der Waals surface area contributed by atoms with Gasteiger partial charge in [0.25, 0.3) is 0 Å². The van der Waals surface area contributed by atoms with E-state index in [9.17, 15) is 4.79 Å². The summed E-state index contributed by atoms with van der Waals surface area (Å²) >= 11 is 3.22. The molecule has 0 fully saturated rings. The van der Waals surface area contributed by atoms with Gasteiger partial charge in [0.15, 0.2) is 4.67 Å². The SMILES string of the molecule is CCNC(=O)C(C)NCc1ccc(Br)o1. The fourth-order valence-corrected chi connectivity index (χ4v) is 1.46. The van der Waals surface area contributed by atoms with Crippen molar-refractivity contribution in [2.75, 3.05) is 6.54 Å². The normalized spacial score (nSPS) is 12.5. The highest BCUT2D eigenvalue weighted by molar-refractivity contribution is 9.10. The van der Waals surface area contributed by atoms with Crippen LogP contribution in [0.1, 0.15) is 19.6 Å². The molecule has 1 rings (SSSR count). The number of carbonyl (C=O) groups is 1. The van der Waals surface area contributed by atoms with E-state index in [1.54, 1.807) is 0 Å². The number of hydrogen-bond donors (Lipinski definition) is 2. The second kappa shape index (κ2) is 5.92. The summed E-state index contributed by atoms with van der Waals surface area (Å²) in [5.41, 5.74) is 0.